The number of hydrogen-bond donors (Lipinski definition) is 1. The van der Waals surface area contributed by atoms with E-state index in [9.17, 15) is 9.59 Å². The van der Waals surface area contributed by atoms with Crippen LogP contribution < -0.4 is 0 Å². The smallest absolute Gasteiger partial charge is 0.335 e. The molecule has 1 amide bonds. The molecule has 2 fully saturated rings. The second-order valence-corrected chi connectivity index (χ2v) is 6.32. The average molecular weight is 319 g/mol. The molecule has 3 rings (SSSR count). The van der Waals surface area contributed by atoms with E-state index in [0.717, 1.165) is 6.42 Å². The molecule has 0 bridgehead atoms. The van der Waals surface area contributed by atoms with Crippen LogP contribution in [-0.2, 0) is 9.47 Å². The first-order valence-electron chi connectivity index (χ1n) is 7.83. The Labute approximate surface area is 135 Å². The standard InChI is InChI=1S/C17H21NO5/c1-11-9-18(10-17(23-11)7-8-22-12(17)2)15(19)13-3-5-14(6-4-13)16(20)21/h3-6,11-12H,7-10H2,1-2H3,(H,20,21). The van der Waals surface area contributed by atoms with Crippen molar-refractivity contribution in [3.63, 3.8) is 0 Å². The lowest BCUT2D eigenvalue weighted by Crippen LogP contribution is -2.59. The first kappa shape index (κ1) is 16.0. The molecule has 1 aromatic rings. The third kappa shape index (κ3) is 2.96. The van der Waals surface area contributed by atoms with Crippen LogP contribution in [0.15, 0.2) is 24.3 Å². The maximum Gasteiger partial charge on any atom is 0.335 e. The third-order valence-corrected chi connectivity index (χ3v) is 4.67. The number of carboxylic acids is 1. The minimum Gasteiger partial charge on any atom is -0.478 e. The molecule has 2 aliphatic heterocycles. The molecular formula is C17H21NO5. The highest BCUT2D eigenvalue weighted by Gasteiger charge is 2.48. The molecule has 23 heavy (non-hydrogen) atoms. The molecule has 1 aromatic carbocycles. The molecule has 0 aliphatic carbocycles. The molecule has 6 nitrogen and oxygen atoms in total. The summed E-state index contributed by atoms with van der Waals surface area (Å²) in [5.41, 5.74) is 0.228. The molecule has 0 saturated carbocycles. The van der Waals surface area contributed by atoms with E-state index in [-0.39, 0.29) is 23.7 Å². The van der Waals surface area contributed by atoms with Gasteiger partial charge in [-0.25, -0.2) is 4.79 Å². The van der Waals surface area contributed by atoms with E-state index in [2.05, 4.69) is 0 Å². The van der Waals surface area contributed by atoms with Gasteiger partial charge in [0, 0.05) is 25.1 Å². The number of benzene rings is 1. The summed E-state index contributed by atoms with van der Waals surface area (Å²) in [6.07, 6.45) is 0.672. The third-order valence-electron chi connectivity index (χ3n) is 4.67. The normalized spacial score (nSPS) is 30.6. The Kier molecular flexibility index (Phi) is 4.12. The molecular weight excluding hydrogens is 298 g/mol. The van der Waals surface area contributed by atoms with Gasteiger partial charge in [0.1, 0.15) is 5.60 Å². The number of carbonyl (C=O) groups is 2. The van der Waals surface area contributed by atoms with Crippen LogP contribution in [0.4, 0.5) is 0 Å². The van der Waals surface area contributed by atoms with E-state index < -0.39 is 11.6 Å². The van der Waals surface area contributed by atoms with Gasteiger partial charge in [-0.2, -0.15) is 0 Å². The van der Waals surface area contributed by atoms with Crippen molar-refractivity contribution in [2.75, 3.05) is 19.7 Å². The topological polar surface area (TPSA) is 76.1 Å². The van der Waals surface area contributed by atoms with Crippen molar-refractivity contribution in [2.24, 2.45) is 0 Å². The Morgan fingerprint density at radius 2 is 1.87 bits per heavy atom. The van der Waals surface area contributed by atoms with Crippen molar-refractivity contribution < 1.29 is 24.2 Å². The van der Waals surface area contributed by atoms with Crippen molar-refractivity contribution in [1.82, 2.24) is 4.90 Å². The lowest BCUT2D eigenvalue weighted by molar-refractivity contribution is -0.160. The SMILES string of the molecule is CC1CN(C(=O)c2ccc(C(=O)O)cc2)CC2(CCOC2C)O1. The number of carboxylic acid groups (broad SMARTS) is 1. The Morgan fingerprint density at radius 1 is 1.22 bits per heavy atom. The number of aromatic carboxylic acids is 1. The Morgan fingerprint density at radius 3 is 2.43 bits per heavy atom. The van der Waals surface area contributed by atoms with E-state index in [4.69, 9.17) is 14.6 Å². The second-order valence-electron chi connectivity index (χ2n) is 6.32. The predicted octanol–water partition coefficient (Wildman–Crippen LogP) is 1.79. The number of hydrogen-bond acceptors (Lipinski definition) is 4. The summed E-state index contributed by atoms with van der Waals surface area (Å²) < 4.78 is 11.8. The number of rotatable bonds is 2. The minimum atomic E-state index is -1.00. The summed E-state index contributed by atoms with van der Waals surface area (Å²) in [7, 11) is 0. The van der Waals surface area contributed by atoms with E-state index in [1.807, 2.05) is 13.8 Å². The lowest BCUT2D eigenvalue weighted by Gasteiger charge is -2.45. The lowest BCUT2D eigenvalue weighted by atomic mass is 9.92. The Hall–Kier alpha value is -1.92. The number of morpholine rings is 1. The molecule has 2 aliphatic rings. The van der Waals surface area contributed by atoms with Gasteiger partial charge in [-0.05, 0) is 38.1 Å². The molecule has 2 saturated heterocycles. The van der Waals surface area contributed by atoms with E-state index >= 15 is 0 Å². The average Bonchev–Trinajstić information content (AvgIpc) is 2.86. The summed E-state index contributed by atoms with van der Waals surface area (Å²) in [5.74, 6) is -1.10. The van der Waals surface area contributed by atoms with Gasteiger partial charge in [-0.1, -0.05) is 0 Å². The van der Waals surface area contributed by atoms with Gasteiger partial charge in [0.15, 0.2) is 0 Å². The van der Waals surface area contributed by atoms with Gasteiger partial charge < -0.3 is 19.5 Å². The zero-order valence-corrected chi connectivity index (χ0v) is 13.3. The van der Waals surface area contributed by atoms with Gasteiger partial charge in [0.25, 0.3) is 5.91 Å². The van der Waals surface area contributed by atoms with Crippen LogP contribution in [-0.4, -0.2) is 59.4 Å². The molecule has 2 heterocycles. The molecule has 1 spiro atoms. The van der Waals surface area contributed by atoms with Crippen LogP contribution in [0.25, 0.3) is 0 Å². The van der Waals surface area contributed by atoms with Crippen LogP contribution in [0.3, 0.4) is 0 Å². The van der Waals surface area contributed by atoms with Crippen molar-refractivity contribution in [2.45, 2.75) is 38.1 Å². The van der Waals surface area contributed by atoms with Gasteiger partial charge in [0.05, 0.1) is 24.3 Å². The van der Waals surface area contributed by atoms with E-state index in [0.29, 0.717) is 25.3 Å². The monoisotopic (exact) mass is 319 g/mol. The highest BCUT2D eigenvalue weighted by Crippen LogP contribution is 2.35. The summed E-state index contributed by atoms with van der Waals surface area (Å²) >= 11 is 0. The zero-order chi connectivity index (χ0) is 16.6. The number of ether oxygens (including phenoxy) is 2. The maximum atomic E-state index is 12.8. The fourth-order valence-corrected chi connectivity index (χ4v) is 3.39. The van der Waals surface area contributed by atoms with Crippen molar-refractivity contribution >= 4 is 11.9 Å². The Balaban J connectivity index is 1.79. The second kappa shape index (κ2) is 5.94. The molecule has 1 N–H and O–H groups in total. The fourth-order valence-electron chi connectivity index (χ4n) is 3.39. The van der Waals surface area contributed by atoms with Crippen molar-refractivity contribution in [1.29, 1.82) is 0 Å². The number of amides is 1. The maximum absolute atomic E-state index is 12.8. The molecule has 6 heteroatoms. The fraction of sp³-hybridized carbons (Fsp3) is 0.529. The molecule has 3 unspecified atom stereocenters. The van der Waals surface area contributed by atoms with Gasteiger partial charge >= 0.3 is 5.97 Å². The molecule has 3 atom stereocenters. The van der Waals surface area contributed by atoms with Crippen LogP contribution in [0.2, 0.25) is 0 Å². The first-order valence-corrected chi connectivity index (χ1v) is 7.83. The predicted molar refractivity (Wildman–Crippen MR) is 82.6 cm³/mol. The molecule has 0 radical (unpaired) electrons. The van der Waals surface area contributed by atoms with E-state index in [1.165, 1.54) is 12.1 Å². The Bertz CT molecular complexity index is 614. The highest BCUT2D eigenvalue weighted by molar-refractivity contribution is 5.96. The van der Waals surface area contributed by atoms with Crippen molar-refractivity contribution in [3.8, 4) is 0 Å². The summed E-state index contributed by atoms with van der Waals surface area (Å²) in [6.45, 7) is 5.60. The van der Waals surface area contributed by atoms with Gasteiger partial charge in [0.2, 0.25) is 0 Å². The number of carbonyl (C=O) groups excluding carboxylic acids is 1. The van der Waals surface area contributed by atoms with Gasteiger partial charge in [-0.3, -0.25) is 4.79 Å². The molecule has 124 valence electrons. The van der Waals surface area contributed by atoms with Gasteiger partial charge in [-0.15, -0.1) is 0 Å². The minimum absolute atomic E-state index is 0.0464. The highest BCUT2D eigenvalue weighted by atomic mass is 16.6. The summed E-state index contributed by atoms with van der Waals surface area (Å²) in [6, 6.07) is 6.04. The first-order chi connectivity index (χ1) is 10.9. The van der Waals surface area contributed by atoms with Crippen LogP contribution >= 0.6 is 0 Å². The van der Waals surface area contributed by atoms with Crippen LogP contribution in [0.5, 0.6) is 0 Å². The molecule has 0 aromatic heterocycles. The van der Waals surface area contributed by atoms with Crippen LogP contribution in [0, 0.1) is 0 Å². The zero-order valence-electron chi connectivity index (χ0n) is 13.3. The number of nitrogens with zero attached hydrogens (tertiary/aromatic N) is 1. The summed E-state index contributed by atoms with van der Waals surface area (Å²) in [4.78, 5) is 25.4. The largest absolute Gasteiger partial charge is 0.478 e. The van der Waals surface area contributed by atoms with E-state index in [1.54, 1.807) is 17.0 Å². The van der Waals surface area contributed by atoms with Crippen molar-refractivity contribution in [3.05, 3.63) is 35.4 Å². The quantitative estimate of drug-likeness (QED) is 0.899. The van der Waals surface area contributed by atoms with Crippen LogP contribution in [0.1, 0.15) is 41.0 Å². The summed E-state index contributed by atoms with van der Waals surface area (Å²) in [5, 5.41) is 8.94.